The number of benzene rings is 3. The fraction of sp³-hybridized carbons (Fsp3) is 0.321. The van der Waals surface area contributed by atoms with Crippen molar-refractivity contribution in [3.05, 3.63) is 105 Å². The summed E-state index contributed by atoms with van der Waals surface area (Å²) in [7, 11) is 0. The highest BCUT2D eigenvalue weighted by Gasteiger charge is 2.54. The Balaban J connectivity index is 1.70. The Morgan fingerprint density at radius 3 is 2.14 bits per heavy atom. The maximum absolute atomic E-state index is 14.0. The number of hydrogen-bond donors (Lipinski definition) is 2. The molecule has 1 aliphatic heterocycles. The van der Waals surface area contributed by atoms with Crippen LogP contribution >= 0.6 is 23.2 Å². The fourth-order valence-electron chi connectivity index (χ4n) is 4.54. The number of halogens is 2. The van der Waals surface area contributed by atoms with Gasteiger partial charge in [0.1, 0.15) is 0 Å². The lowest BCUT2D eigenvalue weighted by Gasteiger charge is -2.40. The van der Waals surface area contributed by atoms with E-state index in [4.69, 9.17) is 27.9 Å². The van der Waals surface area contributed by atoms with E-state index in [2.05, 4.69) is 0 Å². The number of ether oxygens (including phenoxy) is 1. The summed E-state index contributed by atoms with van der Waals surface area (Å²) in [6, 6.07) is 19.9. The van der Waals surface area contributed by atoms with Crippen LogP contribution < -0.4 is 0 Å². The summed E-state index contributed by atoms with van der Waals surface area (Å²) in [5, 5.41) is 22.5. The fourth-order valence-corrected chi connectivity index (χ4v) is 4.79. The predicted octanol–water partition coefficient (Wildman–Crippen LogP) is 5.62. The van der Waals surface area contributed by atoms with E-state index in [1.807, 2.05) is 36.4 Å². The SMILES string of the molecule is CC(C)(O)c1ccc2c(c1)C(=O)N(Cc1ccc(Cl)cc1)[C@@]2(OCC1(O)CC1)c1ccc(Cl)cc1. The largest absolute Gasteiger partial charge is 0.387 e. The van der Waals surface area contributed by atoms with Crippen LogP contribution in [0.1, 0.15) is 59.3 Å². The highest BCUT2D eigenvalue weighted by atomic mass is 35.5. The van der Waals surface area contributed by atoms with Gasteiger partial charge in [0, 0.05) is 33.3 Å². The van der Waals surface area contributed by atoms with Crippen LogP contribution in [0.5, 0.6) is 0 Å². The summed E-state index contributed by atoms with van der Waals surface area (Å²) < 4.78 is 6.60. The maximum atomic E-state index is 14.0. The molecule has 2 aliphatic rings. The third-order valence-electron chi connectivity index (χ3n) is 6.81. The first-order valence-electron chi connectivity index (χ1n) is 11.6. The molecule has 1 amide bonds. The molecular weight excluding hydrogens is 485 g/mol. The van der Waals surface area contributed by atoms with Gasteiger partial charge in [-0.25, -0.2) is 0 Å². The lowest BCUT2D eigenvalue weighted by atomic mass is 9.89. The number of fused-ring (bicyclic) bond motifs is 1. The number of amides is 1. The smallest absolute Gasteiger partial charge is 0.257 e. The van der Waals surface area contributed by atoms with Gasteiger partial charge < -0.3 is 14.9 Å². The van der Waals surface area contributed by atoms with Crippen LogP contribution in [0.4, 0.5) is 0 Å². The minimum absolute atomic E-state index is 0.0761. The average Bonchev–Trinajstić information content (AvgIpc) is 3.51. The summed E-state index contributed by atoms with van der Waals surface area (Å²) in [4.78, 5) is 15.7. The van der Waals surface area contributed by atoms with Crippen molar-refractivity contribution in [3.8, 4) is 0 Å². The van der Waals surface area contributed by atoms with Gasteiger partial charge in [-0.2, -0.15) is 0 Å². The Kier molecular flexibility index (Phi) is 5.98. The zero-order valence-electron chi connectivity index (χ0n) is 19.6. The van der Waals surface area contributed by atoms with E-state index < -0.39 is 16.9 Å². The maximum Gasteiger partial charge on any atom is 0.257 e. The van der Waals surface area contributed by atoms with Gasteiger partial charge in [-0.15, -0.1) is 0 Å². The zero-order valence-corrected chi connectivity index (χ0v) is 21.1. The Labute approximate surface area is 214 Å². The number of hydrogen-bond acceptors (Lipinski definition) is 4. The zero-order chi connectivity index (χ0) is 25.0. The van der Waals surface area contributed by atoms with Crippen LogP contribution in [0.2, 0.25) is 10.0 Å². The second-order valence-corrected chi connectivity index (χ2v) is 10.9. The molecule has 182 valence electrons. The summed E-state index contributed by atoms with van der Waals surface area (Å²) in [6.45, 7) is 3.70. The molecule has 0 radical (unpaired) electrons. The molecule has 1 fully saturated rings. The molecular formula is C28H27Cl2NO4. The highest BCUT2D eigenvalue weighted by molar-refractivity contribution is 6.30. The minimum Gasteiger partial charge on any atom is -0.387 e. The number of rotatable bonds is 7. The van der Waals surface area contributed by atoms with Gasteiger partial charge in [0.25, 0.3) is 5.91 Å². The van der Waals surface area contributed by atoms with E-state index in [1.54, 1.807) is 49.1 Å². The Morgan fingerprint density at radius 2 is 1.57 bits per heavy atom. The molecule has 1 heterocycles. The van der Waals surface area contributed by atoms with Gasteiger partial charge in [-0.1, -0.05) is 59.6 Å². The van der Waals surface area contributed by atoms with Crippen molar-refractivity contribution in [2.75, 3.05) is 6.61 Å². The van der Waals surface area contributed by atoms with Crippen LogP contribution in [0.15, 0.2) is 66.7 Å². The lowest BCUT2D eigenvalue weighted by Crippen LogP contribution is -2.47. The highest BCUT2D eigenvalue weighted by Crippen LogP contribution is 2.49. The normalized spacial score (nSPS) is 20.7. The van der Waals surface area contributed by atoms with Gasteiger partial charge in [0.2, 0.25) is 0 Å². The first-order chi connectivity index (χ1) is 16.5. The molecule has 3 aromatic rings. The minimum atomic E-state index is -1.28. The molecule has 2 N–H and O–H groups in total. The first kappa shape index (κ1) is 24.3. The summed E-state index contributed by atoms with van der Waals surface area (Å²) in [5.74, 6) is -0.223. The molecule has 5 rings (SSSR count). The van der Waals surface area contributed by atoms with Gasteiger partial charge in [0.05, 0.1) is 17.8 Å². The summed E-state index contributed by atoms with van der Waals surface area (Å²) in [6.07, 6.45) is 1.30. The summed E-state index contributed by atoms with van der Waals surface area (Å²) in [5.41, 5.74) is 0.0491. The monoisotopic (exact) mass is 511 g/mol. The van der Waals surface area contributed by atoms with Crippen molar-refractivity contribution in [1.29, 1.82) is 0 Å². The molecule has 0 bridgehead atoms. The van der Waals surface area contributed by atoms with E-state index in [1.165, 1.54) is 0 Å². The number of carbonyl (C=O) groups is 1. The van der Waals surface area contributed by atoms with E-state index in [0.717, 1.165) is 11.1 Å². The molecule has 0 saturated heterocycles. The molecule has 0 spiro atoms. The van der Waals surface area contributed by atoms with Gasteiger partial charge >= 0.3 is 0 Å². The number of carbonyl (C=O) groups excluding carboxylic acids is 1. The van der Waals surface area contributed by atoms with Crippen LogP contribution in [0, 0.1) is 0 Å². The van der Waals surface area contributed by atoms with Crippen molar-refractivity contribution in [1.82, 2.24) is 4.90 Å². The molecule has 0 unspecified atom stereocenters. The molecule has 5 nitrogen and oxygen atoms in total. The molecule has 3 aromatic carbocycles. The third kappa shape index (κ3) is 4.48. The molecule has 0 aromatic heterocycles. The van der Waals surface area contributed by atoms with Crippen molar-refractivity contribution < 1.29 is 19.7 Å². The van der Waals surface area contributed by atoms with Gasteiger partial charge in [-0.3, -0.25) is 9.69 Å². The van der Waals surface area contributed by atoms with Crippen molar-refractivity contribution >= 4 is 29.1 Å². The first-order valence-corrected chi connectivity index (χ1v) is 12.3. The second kappa shape index (κ2) is 8.61. The van der Waals surface area contributed by atoms with E-state index in [9.17, 15) is 15.0 Å². The standard InChI is InChI=1S/C28H27Cl2NO4/c1-26(2,33)20-7-12-24-23(15-20)25(32)31(16-18-3-8-21(29)9-4-18)28(24,35-17-27(34)13-14-27)19-5-10-22(30)11-6-19/h3-12,15,33-34H,13-14,16-17H2,1-2H3/t28-/m1/s1. The molecule has 1 saturated carbocycles. The van der Waals surface area contributed by atoms with E-state index in [-0.39, 0.29) is 19.1 Å². The summed E-state index contributed by atoms with van der Waals surface area (Å²) >= 11 is 12.3. The Hall–Kier alpha value is -2.41. The Morgan fingerprint density at radius 1 is 0.971 bits per heavy atom. The number of nitrogens with zero attached hydrogens (tertiary/aromatic N) is 1. The van der Waals surface area contributed by atoms with E-state index in [0.29, 0.717) is 39.6 Å². The van der Waals surface area contributed by atoms with Gasteiger partial charge in [-0.05, 0) is 68.1 Å². The van der Waals surface area contributed by atoms with Gasteiger partial charge in [0.15, 0.2) is 5.72 Å². The molecule has 7 heteroatoms. The quantitative estimate of drug-likeness (QED) is 0.431. The van der Waals surface area contributed by atoms with Crippen LogP contribution in [0.3, 0.4) is 0 Å². The number of aliphatic hydroxyl groups is 2. The lowest BCUT2D eigenvalue weighted by molar-refractivity contribution is -0.137. The average molecular weight is 512 g/mol. The van der Waals surface area contributed by atoms with Crippen molar-refractivity contribution in [2.24, 2.45) is 0 Å². The van der Waals surface area contributed by atoms with E-state index >= 15 is 0 Å². The van der Waals surface area contributed by atoms with Crippen molar-refractivity contribution in [3.63, 3.8) is 0 Å². The molecule has 35 heavy (non-hydrogen) atoms. The Bertz CT molecular complexity index is 1260. The molecule has 1 atom stereocenters. The second-order valence-electron chi connectivity index (χ2n) is 10.0. The third-order valence-corrected chi connectivity index (χ3v) is 7.32. The van der Waals surface area contributed by atoms with Crippen LogP contribution in [-0.2, 0) is 22.6 Å². The van der Waals surface area contributed by atoms with Crippen molar-refractivity contribution in [2.45, 2.75) is 50.2 Å². The van der Waals surface area contributed by atoms with Crippen LogP contribution in [-0.4, -0.2) is 33.2 Å². The topological polar surface area (TPSA) is 70.0 Å². The van der Waals surface area contributed by atoms with Crippen LogP contribution in [0.25, 0.3) is 0 Å². The molecule has 1 aliphatic carbocycles. The predicted molar refractivity (Wildman–Crippen MR) is 135 cm³/mol.